The molecule has 124 valence electrons. The number of rotatable bonds is 3. The zero-order chi connectivity index (χ0) is 17.1. The second-order valence-electron chi connectivity index (χ2n) is 5.82. The molecule has 0 saturated carbocycles. The van der Waals surface area contributed by atoms with E-state index in [1.165, 1.54) is 0 Å². The molecule has 1 aliphatic rings. The van der Waals surface area contributed by atoms with Crippen molar-refractivity contribution in [3.05, 3.63) is 95.6 Å². The second kappa shape index (κ2) is 6.69. The van der Waals surface area contributed by atoms with Crippen LogP contribution >= 0.6 is 0 Å². The van der Waals surface area contributed by atoms with Crippen LogP contribution in [-0.2, 0) is 11.3 Å². The third kappa shape index (κ3) is 3.19. The predicted octanol–water partition coefficient (Wildman–Crippen LogP) is 4.81. The molecule has 1 amide bonds. The van der Waals surface area contributed by atoms with Gasteiger partial charge >= 0.3 is 6.09 Å². The van der Waals surface area contributed by atoms with Gasteiger partial charge in [-0.2, -0.15) is 0 Å². The molecule has 4 rings (SSSR count). The minimum absolute atomic E-state index is 0.235. The molecule has 3 aromatic rings. The first-order chi connectivity index (χ1) is 12.3. The topological polar surface area (TPSA) is 47.6 Å². The van der Waals surface area contributed by atoms with Crippen molar-refractivity contribution >= 4 is 6.09 Å². The standard InChI is InChI=1S/C21H17NO3/c23-21(24-14-15-8-2-1-3-9-15)22-20-16-10-4-6-12-18(16)25-19-13-7-5-11-17(19)20/h1-13,20H,14H2,(H,22,23). The summed E-state index contributed by atoms with van der Waals surface area (Å²) in [6.07, 6.45) is -0.458. The molecule has 0 saturated heterocycles. The number of fused-ring (bicyclic) bond motifs is 2. The quantitative estimate of drug-likeness (QED) is 0.749. The molecule has 0 fully saturated rings. The highest BCUT2D eigenvalue weighted by Gasteiger charge is 2.28. The Bertz CT molecular complexity index is 847. The van der Waals surface area contributed by atoms with Crippen LogP contribution in [0, 0.1) is 0 Å². The van der Waals surface area contributed by atoms with Gasteiger partial charge in [-0.05, 0) is 17.7 Å². The summed E-state index contributed by atoms with van der Waals surface area (Å²) in [6, 6.07) is 24.7. The largest absolute Gasteiger partial charge is 0.457 e. The Balaban J connectivity index is 1.54. The average Bonchev–Trinajstić information content (AvgIpc) is 2.67. The number of carbonyl (C=O) groups excluding carboxylic acids is 1. The summed E-state index contributed by atoms with van der Waals surface area (Å²) in [4.78, 5) is 12.3. The fourth-order valence-electron chi connectivity index (χ4n) is 2.95. The molecule has 1 aliphatic heterocycles. The van der Waals surface area contributed by atoms with E-state index < -0.39 is 6.09 Å². The number of hydrogen-bond donors (Lipinski definition) is 1. The van der Waals surface area contributed by atoms with E-state index in [0.29, 0.717) is 0 Å². The Morgan fingerprint density at radius 3 is 2.04 bits per heavy atom. The zero-order valence-electron chi connectivity index (χ0n) is 13.5. The van der Waals surface area contributed by atoms with Crippen LogP contribution in [0.25, 0.3) is 0 Å². The number of amides is 1. The third-order valence-electron chi connectivity index (χ3n) is 4.15. The fraction of sp³-hybridized carbons (Fsp3) is 0.0952. The van der Waals surface area contributed by atoms with E-state index in [9.17, 15) is 4.79 Å². The van der Waals surface area contributed by atoms with Crippen LogP contribution in [0.5, 0.6) is 11.5 Å². The minimum atomic E-state index is -0.458. The van der Waals surface area contributed by atoms with Gasteiger partial charge in [-0.3, -0.25) is 0 Å². The maximum Gasteiger partial charge on any atom is 0.408 e. The third-order valence-corrected chi connectivity index (χ3v) is 4.15. The Morgan fingerprint density at radius 2 is 1.40 bits per heavy atom. The summed E-state index contributed by atoms with van der Waals surface area (Å²) in [6.45, 7) is 0.235. The van der Waals surface area contributed by atoms with Gasteiger partial charge < -0.3 is 14.8 Å². The number of carbonyl (C=O) groups is 1. The van der Waals surface area contributed by atoms with Crippen LogP contribution in [0.2, 0.25) is 0 Å². The zero-order valence-corrected chi connectivity index (χ0v) is 13.5. The maximum absolute atomic E-state index is 12.3. The highest BCUT2D eigenvalue weighted by atomic mass is 16.5. The molecule has 4 nitrogen and oxygen atoms in total. The molecule has 1 N–H and O–H groups in total. The van der Waals surface area contributed by atoms with Crippen molar-refractivity contribution < 1.29 is 14.3 Å². The summed E-state index contributed by atoms with van der Waals surface area (Å²) in [7, 11) is 0. The second-order valence-corrected chi connectivity index (χ2v) is 5.82. The van der Waals surface area contributed by atoms with Crippen molar-refractivity contribution in [1.29, 1.82) is 0 Å². The first kappa shape index (κ1) is 15.3. The lowest BCUT2D eigenvalue weighted by Gasteiger charge is -2.28. The van der Waals surface area contributed by atoms with E-state index >= 15 is 0 Å². The smallest absolute Gasteiger partial charge is 0.408 e. The van der Waals surface area contributed by atoms with E-state index in [-0.39, 0.29) is 12.6 Å². The summed E-state index contributed by atoms with van der Waals surface area (Å²) in [5.74, 6) is 1.49. The van der Waals surface area contributed by atoms with E-state index in [4.69, 9.17) is 9.47 Å². The van der Waals surface area contributed by atoms with Crippen LogP contribution in [0.15, 0.2) is 78.9 Å². The van der Waals surface area contributed by atoms with Gasteiger partial charge in [0.05, 0.1) is 6.04 Å². The number of para-hydroxylation sites is 2. The molecule has 0 spiro atoms. The Hall–Kier alpha value is -3.27. The van der Waals surface area contributed by atoms with Crippen molar-refractivity contribution in [2.75, 3.05) is 0 Å². The molecule has 4 heteroatoms. The first-order valence-corrected chi connectivity index (χ1v) is 8.14. The van der Waals surface area contributed by atoms with Crippen molar-refractivity contribution in [3.63, 3.8) is 0 Å². The Labute approximate surface area is 146 Å². The van der Waals surface area contributed by atoms with Crippen molar-refractivity contribution in [1.82, 2.24) is 5.32 Å². The monoisotopic (exact) mass is 331 g/mol. The molecule has 0 bridgehead atoms. The first-order valence-electron chi connectivity index (χ1n) is 8.14. The van der Waals surface area contributed by atoms with Gasteiger partial charge in [0.1, 0.15) is 18.1 Å². The van der Waals surface area contributed by atoms with Crippen molar-refractivity contribution in [2.24, 2.45) is 0 Å². The van der Waals surface area contributed by atoms with Gasteiger partial charge in [-0.1, -0.05) is 66.7 Å². The van der Waals surface area contributed by atoms with Gasteiger partial charge in [0.2, 0.25) is 0 Å². The summed E-state index contributed by atoms with van der Waals surface area (Å²) in [5, 5.41) is 2.96. The normalized spacial score (nSPS) is 12.5. The van der Waals surface area contributed by atoms with E-state index in [2.05, 4.69) is 5.32 Å². The van der Waals surface area contributed by atoms with Gasteiger partial charge in [0, 0.05) is 11.1 Å². The molecule has 25 heavy (non-hydrogen) atoms. The van der Waals surface area contributed by atoms with Crippen molar-refractivity contribution in [3.8, 4) is 11.5 Å². The highest BCUT2D eigenvalue weighted by Crippen LogP contribution is 2.42. The summed E-state index contributed by atoms with van der Waals surface area (Å²) in [5.41, 5.74) is 2.78. The Morgan fingerprint density at radius 1 is 0.840 bits per heavy atom. The number of nitrogens with one attached hydrogen (secondary N) is 1. The lowest BCUT2D eigenvalue weighted by Crippen LogP contribution is -2.31. The molecule has 1 heterocycles. The molecule has 0 atom stereocenters. The molecule has 3 aromatic carbocycles. The summed E-state index contributed by atoms with van der Waals surface area (Å²) < 4.78 is 11.3. The molecule has 0 aliphatic carbocycles. The fourth-order valence-corrected chi connectivity index (χ4v) is 2.95. The number of hydrogen-bond acceptors (Lipinski definition) is 3. The van der Waals surface area contributed by atoms with E-state index in [1.807, 2.05) is 78.9 Å². The van der Waals surface area contributed by atoms with Crippen LogP contribution < -0.4 is 10.1 Å². The molecular weight excluding hydrogens is 314 g/mol. The number of alkyl carbamates (subject to hydrolysis) is 1. The van der Waals surface area contributed by atoms with Gasteiger partial charge in [0.25, 0.3) is 0 Å². The minimum Gasteiger partial charge on any atom is -0.457 e. The van der Waals surface area contributed by atoms with Crippen LogP contribution in [0.1, 0.15) is 22.7 Å². The van der Waals surface area contributed by atoms with Crippen LogP contribution in [-0.4, -0.2) is 6.09 Å². The number of benzene rings is 3. The number of ether oxygens (including phenoxy) is 2. The maximum atomic E-state index is 12.3. The van der Waals surface area contributed by atoms with E-state index in [1.54, 1.807) is 0 Å². The lowest BCUT2D eigenvalue weighted by molar-refractivity contribution is 0.136. The van der Waals surface area contributed by atoms with Crippen LogP contribution in [0.4, 0.5) is 4.79 Å². The van der Waals surface area contributed by atoms with Gasteiger partial charge in [-0.15, -0.1) is 0 Å². The van der Waals surface area contributed by atoms with Crippen molar-refractivity contribution in [2.45, 2.75) is 12.6 Å². The molecular formula is C21H17NO3. The lowest BCUT2D eigenvalue weighted by atomic mass is 9.95. The van der Waals surface area contributed by atoms with Crippen LogP contribution in [0.3, 0.4) is 0 Å². The van der Waals surface area contributed by atoms with E-state index in [0.717, 1.165) is 28.2 Å². The molecule has 0 radical (unpaired) electrons. The summed E-state index contributed by atoms with van der Waals surface area (Å²) >= 11 is 0. The predicted molar refractivity (Wildman–Crippen MR) is 94.6 cm³/mol. The molecule has 0 unspecified atom stereocenters. The highest BCUT2D eigenvalue weighted by molar-refractivity contribution is 5.70. The Kier molecular flexibility index (Phi) is 4.09. The SMILES string of the molecule is O=C(NC1c2ccccc2Oc2ccccc21)OCc1ccccc1. The average molecular weight is 331 g/mol. The van der Waals surface area contributed by atoms with Gasteiger partial charge in [0.15, 0.2) is 0 Å². The molecule has 0 aromatic heterocycles. The van der Waals surface area contributed by atoms with Gasteiger partial charge in [-0.25, -0.2) is 4.79 Å².